The highest BCUT2D eigenvalue weighted by atomic mass is 32.1. The van der Waals surface area contributed by atoms with Crippen LogP contribution in [0.25, 0.3) is 0 Å². The minimum absolute atomic E-state index is 0.0189. The van der Waals surface area contributed by atoms with Gasteiger partial charge in [-0.2, -0.15) is 0 Å². The molecule has 0 aliphatic rings. The molecular formula is C15H24O3S. The molecule has 1 heterocycles. The number of rotatable bonds is 9. The molecule has 0 N–H and O–H groups in total. The summed E-state index contributed by atoms with van der Waals surface area (Å²) in [4.78, 5) is 12.7. The highest BCUT2D eigenvalue weighted by Gasteiger charge is 2.10. The minimum Gasteiger partial charge on any atom is -0.484 e. The molecule has 0 amide bonds. The fraction of sp³-hybridized carbons (Fsp3) is 0.667. The fourth-order valence-corrected chi connectivity index (χ4v) is 2.26. The van der Waals surface area contributed by atoms with Crippen LogP contribution >= 0.6 is 11.3 Å². The summed E-state index contributed by atoms with van der Waals surface area (Å²) in [5, 5.41) is 0.987. The first-order valence-electron chi connectivity index (χ1n) is 6.99. The Labute approximate surface area is 119 Å². The van der Waals surface area contributed by atoms with Gasteiger partial charge in [0, 0.05) is 4.88 Å². The van der Waals surface area contributed by atoms with E-state index in [2.05, 4.69) is 13.0 Å². The first-order chi connectivity index (χ1) is 9.13. The molecule has 0 radical (unpaired) electrons. The predicted octanol–water partition coefficient (Wildman–Crippen LogP) is 4.19. The van der Waals surface area contributed by atoms with Gasteiger partial charge >= 0.3 is 5.97 Å². The largest absolute Gasteiger partial charge is 0.484 e. The number of carbonyl (C=O) groups excluding carboxylic acids is 1. The molecule has 0 saturated carbocycles. The normalized spacial score (nSPS) is 12.2. The third-order valence-corrected chi connectivity index (χ3v) is 3.92. The molecule has 1 aromatic rings. The number of carbonyl (C=O) groups is 1. The van der Waals surface area contributed by atoms with Crippen LogP contribution in [0.15, 0.2) is 12.1 Å². The van der Waals surface area contributed by atoms with Gasteiger partial charge in [0.1, 0.15) is 0 Å². The lowest BCUT2D eigenvalue weighted by molar-refractivity contribution is -0.148. The average molecular weight is 284 g/mol. The van der Waals surface area contributed by atoms with E-state index in [0.717, 1.165) is 37.4 Å². The van der Waals surface area contributed by atoms with Crippen molar-refractivity contribution in [3.8, 4) is 5.06 Å². The number of unbranched alkanes of at least 4 members (excludes halogenated alkanes) is 2. The van der Waals surface area contributed by atoms with E-state index in [9.17, 15) is 4.79 Å². The lowest BCUT2D eigenvalue weighted by Crippen LogP contribution is -2.14. The highest BCUT2D eigenvalue weighted by Crippen LogP contribution is 2.23. The summed E-state index contributed by atoms with van der Waals surface area (Å²) < 4.78 is 10.8. The molecule has 0 saturated heterocycles. The van der Waals surface area contributed by atoms with Crippen LogP contribution in [0, 0.1) is 12.8 Å². The monoisotopic (exact) mass is 284 g/mol. The summed E-state index contributed by atoms with van der Waals surface area (Å²) in [5.41, 5.74) is 0. The Bertz CT molecular complexity index is 373. The zero-order valence-electron chi connectivity index (χ0n) is 12.1. The number of ether oxygens (including phenoxy) is 2. The molecule has 108 valence electrons. The third-order valence-electron chi connectivity index (χ3n) is 3.01. The van der Waals surface area contributed by atoms with Gasteiger partial charge in [0.15, 0.2) is 5.06 Å². The van der Waals surface area contributed by atoms with E-state index in [-0.39, 0.29) is 11.9 Å². The lowest BCUT2D eigenvalue weighted by Gasteiger charge is -2.09. The van der Waals surface area contributed by atoms with Crippen LogP contribution in [0.5, 0.6) is 5.06 Å². The van der Waals surface area contributed by atoms with E-state index in [1.165, 1.54) is 4.88 Å². The second-order valence-electron chi connectivity index (χ2n) is 4.75. The van der Waals surface area contributed by atoms with Crippen LogP contribution in [-0.2, 0) is 9.53 Å². The smallest absolute Gasteiger partial charge is 0.308 e. The number of hydrogen-bond acceptors (Lipinski definition) is 4. The Kier molecular flexibility index (Phi) is 7.56. The zero-order valence-corrected chi connectivity index (χ0v) is 12.9. The highest BCUT2D eigenvalue weighted by molar-refractivity contribution is 7.13. The van der Waals surface area contributed by atoms with Crippen molar-refractivity contribution in [2.45, 2.75) is 46.5 Å². The molecular weight excluding hydrogens is 260 g/mol. The van der Waals surface area contributed by atoms with Crippen LogP contribution in [0.3, 0.4) is 0 Å². The first-order valence-corrected chi connectivity index (χ1v) is 7.81. The summed E-state index contributed by atoms with van der Waals surface area (Å²) in [5.74, 6) is -0.0572. The van der Waals surface area contributed by atoms with Gasteiger partial charge in [-0.05, 0) is 44.7 Å². The molecule has 4 heteroatoms. The zero-order chi connectivity index (χ0) is 14.1. The van der Waals surface area contributed by atoms with Gasteiger partial charge in [0.25, 0.3) is 0 Å². The molecule has 0 aromatic carbocycles. The Morgan fingerprint density at radius 3 is 2.63 bits per heavy atom. The van der Waals surface area contributed by atoms with Gasteiger partial charge in [0.05, 0.1) is 19.1 Å². The van der Waals surface area contributed by atoms with Crippen molar-refractivity contribution in [1.29, 1.82) is 0 Å². The molecule has 0 aliphatic heterocycles. The Morgan fingerprint density at radius 2 is 2.00 bits per heavy atom. The van der Waals surface area contributed by atoms with Gasteiger partial charge in [0.2, 0.25) is 0 Å². The maximum Gasteiger partial charge on any atom is 0.308 e. The predicted molar refractivity (Wildman–Crippen MR) is 78.8 cm³/mol. The second-order valence-corrected chi connectivity index (χ2v) is 6.00. The molecule has 1 unspecified atom stereocenters. The van der Waals surface area contributed by atoms with E-state index < -0.39 is 0 Å². The van der Waals surface area contributed by atoms with E-state index >= 15 is 0 Å². The molecule has 1 aromatic heterocycles. The molecule has 0 aliphatic carbocycles. The van der Waals surface area contributed by atoms with Crippen molar-refractivity contribution >= 4 is 17.3 Å². The Balaban J connectivity index is 1.95. The molecule has 0 bridgehead atoms. The molecule has 19 heavy (non-hydrogen) atoms. The number of esters is 1. The summed E-state index contributed by atoms with van der Waals surface area (Å²) >= 11 is 1.67. The average Bonchev–Trinajstić information content (AvgIpc) is 2.82. The molecule has 3 nitrogen and oxygen atoms in total. The summed E-state index contributed by atoms with van der Waals surface area (Å²) in [6, 6.07) is 4.07. The fourth-order valence-electron chi connectivity index (χ4n) is 1.53. The van der Waals surface area contributed by atoms with Crippen LogP contribution in [0.1, 0.15) is 44.4 Å². The van der Waals surface area contributed by atoms with Crippen molar-refractivity contribution in [2.24, 2.45) is 5.92 Å². The van der Waals surface area contributed by atoms with Crippen LogP contribution < -0.4 is 4.74 Å². The quantitative estimate of drug-likeness (QED) is 0.504. The third kappa shape index (κ3) is 6.62. The van der Waals surface area contributed by atoms with Gasteiger partial charge in [-0.15, -0.1) is 11.3 Å². The van der Waals surface area contributed by atoms with Crippen molar-refractivity contribution < 1.29 is 14.3 Å². The van der Waals surface area contributed by atoms with Crippen molar-refractivity contribution in [3.63, 3.8) is 0 Å². The van der Waals surface area contributed by atoms with Gasteiger partial charge < -0.3 is 9.47 Å². The standard InChI is InChI=1S/C15H24O3S/c1-4-12(2)15(16)18-11-7-5-6-10-17-14-9-8-13(3)19-14/h8-9,12H,4-7,10-11H2,1-3H3. The van der Waals surface area contributed by atoms with Crippen molar-refractivity contribution in [1.82, 2.24) is 0 Å². The van der Waals surface area contributed by atoms with Crippen LogP contribution in [0.4, 0.5) is 0 Å². The SMILES string of the molecule is CCC(C)C(=O)OCCCCCOc1ccc(C)s1. The van der Waals surface area contributed by atoms with E-state index in [4.69, 9.17) is 9.47 Å². The minimum atomic E-state index is -0.0761. The second kappa shape index (κ2) is 8.97. The van der Waals surface area contributed by atoms with Crippen molar-refractivity contribution in [3.05, 3.63) is 17.0 Å². The Hall–Kier alpha value is -1.03. The van der Waals surface area contributed by atoms with Gasteiger partial charge in [-0.1, -0.05) is 13.8 Å². The van der Waals surface area contributed by atoms with Gasteiger partial charge in [-0.3, -0.25) is 4.79 Å². The maximum atomic E-state index is 11.4. The Morgan fingerprint density at radius 1 is 1.26 bits per heavy atom. The topological polar surface area (TPSA) is 35.5 Å². The molecule has 0 fully saturated rings. The first kappa shape index (κ1) is 16.0. The summed E-state index contributed by atoms with van der Waals surface area (Å²) in [6.45, 7) is 7.23. The number of hydrogen-bond donors (Lipinski definition) is 0. The molecule has 1 rings (SSSR count). The number of aryl methyl sites for hydroxylation is 1. The van der Waals surface area contributed by atoms with Crippen LogP contribution in [-0.4, -0.2) is 19.2 Å². The summed E-state index contributed by atoms with van der Waals surface area (Å²) in [7, 11) is 0. The molecule has 1 atom stereocenters. The van der Waals surface area contributed by atoms with E-state index in [1.54, 1.807) is 11.3 Å². The number of thiophene rings is 1. The lowest BCUT2D eigenvalue weighted by atomic mass is 10.1. The van der Waals surface area contributed by atoms with E-state index in [0.29, 0.717) is 6.61 Å². The maximum absolute atomic E-state index is 11.4. The molecule has 0 spiro atoms. The summed E-state index contributed by atoms with van der Waals surface area (Å²) in [6.07, 6.45) is 3.78. The van der Waals surface area contributed by atoms with E-state index in [1.807, 2.05) is 19.9 Å². The van der Waals surface area contributed by atoms with Gasteiger partial charge in [-0.25, -0.2) is 0 Å². The van der Waals surface area contributed by atoms with Crippen LogP contribution in [0.2, 0.25) is 0 Å². The van der Waals surface area contributed by atoms with Crippen molar-refractivity contribution in [2.75, 3.05) is 13.2 Å².